The van der Waals surface area contributed by atoms with Gasteiger partial charge in [0.25, 0.3) is 0 Å². The van der Waals surface area contributed by atoms with Gasteiger partial charge in [0.1, 0.15) is 8.07 Å². The lowest BCUT2D eigenvalue weighted by atomic mass is 10.1. The fraction of sp³-hybridized carbons (Fsp3) is 0.462. The summed E-state index contributed by atoms with van der Waals surface area (Å²) >= 11 is 0. The van der Waals surface area contributed by atoms with Crippen molar-refractivity contribution in [2.45, 2.75) is 39.0 Å². The van der Waals surface area contributed by atoms with Gasteiger partial charge in [-0.2, -0.15) is 0 Å². The van der Waals surface area contributed by atoms with Crippen molar-refractivity contribution in [3.8, 4) is 11.5 Å². The van der Waals surface area contributed by atoms with Crippen LogP contribution in [0.1, 0.15) is 29.0 Å². The molecule has 0 atom stereocenters. The number of rotatable bonds is 0. The van der Waals surface area contributed by atoms with Crippen molar-refractivity contribution in [1.29, 1.82) is 0 Å². The lowest BCUT2D eigenvalue weighted by molar-refractivity contribution is 0.0955. The van der Waals surface area contributed by atoms with Crippen molar-refractivity contribution < 1.29 is 4.79 Å². The minimum Gasteiger partial charge on any atom is -0.332 e. The topological polar surface area (TPSA) is 22.0 Å². The Labute approximate surface area is 97.7 Å². The second-order valence-electron chi connectivity index (χ2n) is 5.28. The van der Waals surface area contributed by atoms with Crippen LogP contribution in [0.2, 0.25) is 19.6 Å². The van der Waals surface area contributed by atoms with Crippen molar-refractivity contribution >= 4 is 13.9 Å². The average Bonchev–Trinajstić information content (AvgIpc) is 2.58. The van der Waals surface area contributed by atoms with E-state index in [1.807, 2.05) is 12.1 Å². The van der Waals surface area contributed by atoms with Crippen molar-refractivity contribution in [2.75, 3.05) is 0 Å². The van der Waals surface area contributed by atoms with Gasteiger partial charge in [0.15, 0.2) is 5.78 Å². The molecule has 2 rings (SSSR count). The highest BCUT2D eigenvalue weighted by molar-refractivity contribution is 6.83. The summed E-state index contributed by atoms with van der Waals surface area (Å²) < 4.78 is 2.07. The van der Waals surface area contributed by atoms with E-state index in [-0.39, 0.29) is 5.78 Å². The molecule has 0 N–H and O–H groups in total. The molecule has 2 nitrogen and oxygen atoms in total. The largest absolute Gasteiger partial charge is 0.332 e. The summed E-state index contributed by atoms with van der Waals surface area (Å²) in [4.78, 5) is 11.6. The van der Waals surface area contributed by atoms with E-state index in [2.05, 4.69) is 35.7 Å². The van der Waals surface area contributed by atoms with Crippen LogP contribution in [0.3, 0.4) is 0 Å². The number of hydrogen-bond donors (Lipinski definition) is 0. The Balaban J connectivity index is 2.37. The molecule has 1 aromatic heterocycles. The molecule has 84 valence electrons. The molecule has 1 aliphatic heterocycles. The highest BCUT2D eigenvalue weighted by Gasteiger charge is 2.18. The molecule has 0 aliphatic carbocycles. The Kier molecular flexibility index (Phi) is 2.77. The number of aromatic nitrogens is 1. The zero-order valence-corrected chi connectivity index (χ0v) is 11.1. The van der Waals surface area contributed by atoms with Gasteiger partial charge in [0.2, 0.25) is 0 Å². The molecule has 0 amide bonds. The number of carbonyl (C=O) groups is 1. The maximum atomic E-state index is 11.6. The molecular weight excluding hydrogens is 214 g/mol. The maximum absolute atomic E-state index is 11.6. The molecule has 1 aliphatic rings. The average molecular weight is 231 g/mol. The highest BCUT2D eigenvalue weighted by atomic mass is 28.3. The third-order valence-corrected chi connectivity index (χ3v) is 3.49. The van der Waals surface area contributed by atoms with Gasteiger partial charge in [-0.25, -0.2) is 0 Å². The van der Waals surface area contributed by atoms with Gasteiger partial charge in [-0.3, -0.25) is 4.79 Å². The molecule has 1 aromatic rings. The van der Waals surface area contributed by atoms with E-state index in [1.165, 1.54) is 0 Å². The van der Waals surface area contributed by atoms with Crippen LogP contribution < -0.4 is 0 Å². The van der Waals surface area contributed by atoms with Crippen LogP contribution in [0.25, 0.3) is 0 Å². The monoisotopic (exact) mass is 231 g/mol. The smallest absolute Gasteiger partial charge is 0.179 e. The Morgan fingerprint density at radius 2 is 2.06 bits per heavy atom. The molecule has 0 saturated heterocycles. The third kappa shape index (κ3) is 2.28. The SMILES string of the molecule is C[Si](C)(C)C#Cc1ccc2n1CCCC2=O. The summed E-state index contributed by atoms with van der Waals surface area (Å²) in [6.07, 6.45) is 1.63. The van der Waals surface area contributed by atoms with Crippen molar-refractivity contribution in [3.05, 3.63) is 23.5 Å². The number of fused-ring (bicyclic) bond motifs is 1. The minimum absolute atomic E-state index is 0.257. The first-order valence-electron chi connectivity index (χ1n) is 5.73. The summed E-state index contributed by atoms with van der Waals surface area (Å²) in [5, 5.41) is 0. The first-order chi connectivity index (χ1) is 7.47. The predicted octanol–water partition coefficient (Wildman–Crippen LogP) is 2.69. The van der Waals surface area contributed by atoms with Crippen LogP contribution in [0.15, 0.2) is 12.1 Å². The summed E-state index contributed by atoms with van der Waals surface area (Å²) in [6.45, 7) is 7.62. The summed E-state index contributed by atoms with van der Waals surface area (Å²) in [5.41, 5.74) is 5.19. The van der Waals surface area contributed by atoms with E-state index >= 15 is 0 Å². The second-order valence-corrected chi connectivity index (χ2v) is 10.0. The number of hydrogen-bond acceptors (Lipinski definition) is 1. The number of nitrogens with zero attached hydrogens (tertiary/aromatic N) is 1. The van der Waals surface area contributed by atoms with Crippen LogP contribution in [-0.4, -0.2) is 18.4 Å². The number of carbonyl (C=O) groups excluding carboxylic acids is 1. The quantitative estimate of drug-likeness (QED) is 0.497. The predicted molar refractivity (Wildman–Crippen MR) is 68.2 cm³/mol. The van der Waals surface area contributed by atoms with Crippen LogP contribution in [0.4, 0.5) is 0 Å². The van der Waals surface area contributed by atoms with E-state index < -0.39 is 8.07 Å². The number of Topliss-reactive ketones (excluding diaryl/α,β-unsaturated/α-hetero) is 1. The van der Waals surface area contributed by atoms with Gasteiger partial charge in [0, 0.05) is 13.0 Å². The Morgan fingerprint density at radius 1 is 1.31 bits per heavy atom. The molecule has 3 heteroatoms. The fourth-order valence-electron chi connectivity index (χ4n) is 1.84. The molecule has 0 aromatic carbocycles. The molecular formula is C13H17NOSi. The third-order valence-electron chi connectivity index (χ3n) is 2.62. The zero-order valence-electron chi connectivity index (χ0n) is 10.1. The minimum atomic E-state index is -1.33. The molecule has 2 heterocycles. The van der Waals surface area contributed by atoms with E-state index in [9.17, 15) is 4.79 Å². The molecule has 0 radical (unpaired) electrons. The van der Waals surface area contributed by atoms with E-state index in [0.717, 1.165) is 24.4 Å². The Morgan fingerprint density at radius 3 is 2.75 bits per heavy atom. The van der Waals surface area contributed by atoms with Crippen LogP contribution in [0, 0.1) is 11.5 Å². The van der Waals surface area contributed by atoms with Gasteiger partial charge < -0.3 is 4.57 Å². The van der Waals surface area contributed by atoms with E-state index in [0.29, 0.717) is 6.42 Å². The highest BCUT2D eigenvalue weighted by Crippen LogP contribution is 2.18. The van der Waals surface area contributed by atoms with Gasteiger partial charge in [-0.15, -0.1) is 5.54 Å². The van der Waals surface area contributed by atoms with E-state index in [1.54, 1.807) is 0 Å². The van der Waals surface area contributed by atoms with Crippen molar-refractivity contribution in [1.82, 2.24) is 4.57 Å². The summed E-state index contributed by atoms with van der Waals surface area (Å²) in [7, 11) is -1.33. The lowest BCUT2D eigenvalue weighted by Gasteiger charge is -2.15. The molecule has 16 heavy (non-hydrogen) atoms. The Hall–Kier alpha value is -1.27. The normalized spacial score (nSPS) is 15.3. The van der Waals surface area contributed by atoms with E-state index in [4.69, 9.17) is 0 Å². The standard InChI is InChI=1S/C13H17NOSi/c1-16(2,3)10-8-11-6-7-12-13(15)5-4-9-14(11)12/h6-7H,4-5,9H2,1-3H3. The summed E-state index contributed by atoms with van der Waals surface area (Å²) in [5.74, 6) is 3.49. The molecule has 0 saturated carbocycles. The first kappa shape index (κ1) is 11.2. The summed E-state index contributed by atoms with van der Waals surface area (Å²) in [6, 6.07) is 3.89. The van der Waals surface area contributed by atoms with Crippen molar-refractivity contribution in [3.63, 3.8) is 0 Å². The van der Waals surface area contributed by atoms with Gasteiger partial charge in [-0.1, -0.05) is 25.6 Å². The molecule has 0 fully saturated rings. The zero-order chi connectivity index (χ0) is 11.8. The van der Waals surface area contributed by atoms with Crippen molar-refractivity contribution in [2.24, 2.45) is 0 Å². The van der Waals surface area contributed by atoms with Gasteiger partial charge in [0.05, 0.1) is 11.4 Å². The second kappa shape index (κ2) is 3.95. The number of ketones is 1. The molecule has 0 bridgehead atoms. The molecule has 0 spiro atoms. The maximum Gasteiger partial charge on any atom is 0.179 e. The fourth-order valence-corrected chi connectivity index (χ4v) is 2.34. The molecule has 0 unspecified atom stereocenters. The lowest BCUT2D eigenvalue weighted by Crippen LogP contribution is -2.18. The van der Waals surface area contributed by atoms with Crippen LogP contribution in [-0.2, 0) is 6.54 Å². The van der Waals surface area contributed by atoms with Crippen LogP contribution in [0.5, 0.6) is 0 Å². The first-order valence-corrected chi connectivity index (χ1v) is 9.23. The van der Waals surface area contributed by atoms with Gasteiger partial charge >= 0.3 is 0 Å². The Bertz CT molecular complexity index is 482. The van der Waals surface area contributed by atoms with Gasteiger partial charge in [-0.05, 0) is 18.6 Å². The van der Waals surface area contributed by atoms with Crippen LogP contribution >= 0.6 is 0 Å².